The molecule has 6 nitrogen and oxygen atoms in total. The Labute approximate surface area is 275 Å². The molecule has 43 heavy (non-hydrogen) atoms. The van der Waals surface area contributed by atoms with Crippen LogP contribution in [0.25, 0.3) is 0 Å². The topological polar surface area (TPSA) is 82.1 Å². The quantitative estimate of drug-likeness (QED) is 0.0943. The number of aliphatic hydroxyl groups excluding tert-OH is 1. The molecular weight excluding hydrogens is 700 g/mol. The van der Waals surface area contributed by atoms with Crippen LogP contribution in [0.3, 0.4) is 0 Å². The molecule has 9 heteroatoms. The summed E-state index contributed by atoms with van der Waals surface area (Å²) < 4.78 is 15.9. The van der Waals surface area contributed by atoms with Gasteiger partial charge in [0.25, 0.3) is 5.24 Å². The van der Waals surface area contributed by atoms with E-state index in [9.17, 15) is 9.59 Å². The average molecular weight is 735 g/mol. The second-order valence-corrected chi connectivity index (χ2v) is 10.3. The number of rotatable bonds is 11. The van der Waals surface area contributed by atoms with Crippen LogP contribution < -0.4 is 9.47 Å². The molecule has 1 N–H and O–H groups in total. The predicted molar refractivity (Wildman–Crippen MR) is 179 cm³/mol. The number of esters is 1. The molecule has 0 amide bonds. The highest BCUT2D eigenvalue weighted by atomic mass is 79.9. The lowest BCUT2D eigenvalue weighted by Gasteiger charge is -2.07. The summed E-state index contributed by atoms with van der Waals surface area (Å²) in [6.07, 6.45) is 0. The van der Waals surface area contributed by atoms with E-state index in [4.69, 9.17) is 30.9 Å². The molecule has 0 bridgehead atoms. The van der Waals surface area contributed by atoms with Crippen LogP contribution in [-0.4, -0.2) is 29.5 Å². The summed E-state index contributed by atoms with van der Waals surface area (Å²) >= 11 is 11.9. The number of alkyl halides is 2. The summed E-state index contributed by atoms with van der Waals surface area (Å²) in [6.45, 7) is 5.55. The SMILES string of the molecule is CCOc1ccc(CO)cc1.CCOc1ccc(COC(=O)c2ccc(CBr)cc2)cc1.O=C(Cl)c1ccc(CBr)cc1. The van der Waals surface area contributed by atoms with E-state index in [1.54, 1.807) is 24.3 Å². The molecule has 0 radical (unpaired) electrons. The number of ether oxygens (including phenoxy) is 3. The van der Waals surface area contributed by atoms with Gasteiger partial charge in [0.05, 0.1) is 25.4 Å². The average Bonchev–Trinajstić information content (AvgIpc) is 3.05. The molecule has 0 spiro atoms. The number of hydrogen-bond donors (Lipinski definition) is 1. The number of halogens is 3. The van der Waals surface area contributed by atoms with Gasteiger partial charge in [-0.15, -0.1) is 0 Å². The molecule has 4 aromatic carbocycles. The van der Waals surface area contributed by atoms with Crippen LogP contribution in [-0.2, 0) is 28.6 Å². The maximum Gasteiger partial charge on any atom is 0.338 e. The van der Waals surface area contributed by atoms with Crippen LogP contribution >= 0.6 is 43.5 Å². The molecule has 0 aromatic heterocycles. The van der Waals surface area contributed by atoms with Gasteiger partial charge in [0.15, 0.2) is 0 Å². The minimum Gasteiger partial charge on any atom is -0.494 e. The monoisotopic (exact) mass is 732 g/mol. The molecule has 0 aliphatic carbocycles. The van der Waals surface area contributed by atoms with Gasteiger partial charge < -0.3 is 19.3 Å². The number of carbonyl (C=O) groups is 2. The second-order valence-electron chi connectivity index (χ2n) is 8.82. The van der Waals surface area contributed by atoms with E-state index in [2.05, 4.69) is 31.9 Å². The Hall–Kier alpha value is -3.17. The highest BCUT2D eigenvalue weighted by Gasteiger charge is 2.07. The Balaban J connectivity index is 0.000000247. The van der Waals surface area contributed by atoms with Crippen LogP contribution in [0.1, 0.15) is 56.8 Å². The first-order valence-electron chi connectivity index (χ1n) is 13.5. The van der Waals surface area contributed by atoms with Crippen molar-refractivity contribution in [1.29, 1.82) is 0 Å². The number of aliphatic hydroxyl groups is 1. The highest BCUT2D eigenvalue weighted by Crippen LogP contribution is 2.15. The van der Waals surface area contributed by atoms with Gasteiger partial charge in [0, 0.05) is 16.2 Å². The van der Waals surface area contributed by atoms with Crippen molar-refractivity contribution >= 4 is 54.7 Å². The van der Waals surface area contributed by atoms with E-state index in [1.807, 2.05) is 86.6 Å². The molecule has 0 aliphatic rings. The van der Waals surface area contributed by atoms with Crippen molar-refractivity contribution in [3.63, 3.8) is 0 Å². The molecule has 228 valence electrons. The van der Waals surface area contributed by atoms with E-state index < -0.39 is 5.24 Å². The fraction of sp³-hybridized carbons (Fsp3) is 0.235. The molecule has 0 atom stereocenters. The second kappa shape index (κ2) is 20.7. The first-order valence-corrected chi connectivity index (χ1v) is 16.2. The zero-order chi connectivity index (χ0) is 31.5. The number of carbonyl (C=O) groups excluding carboxylic acids is 2. The molecule has 0 unspecified atom stereocenters. The first-order chi connectivity index (χ1) is 20.8. The Kier molecular flexibility index (Phi) is 17.3. The Morgan fingerprint density at radius 3 is 1.40 bits per heavy atom. The highest BCUT2D eigenvalue weighted by molar-refractivity contribution is 9.08. The minimum atomic E-state index is -0.411. The van der Waals surface area contributed by atoms with Gasteiger partial charge in [-0.05, 0) is 96.2 Å². The van der Waals surface area contributed by atoms with E-state index in [0.29, 0.717) is 24.3 Å². The van der Waals surface area contributed by atoms with E-state index >= 15 is 0 Å². The van der Waals surface area contributed by atoms with Gasteiger partial charge >= 0.3 is 5.97 Å². The fourth-order valence-corrected chi connectivity index (χ4v) is 4.27. The lowest BCUT2D eigenvalue weighted by Crippen LogP contribution is -2.05. The standard InChI is InChI=1S/C17H17BrO3.C9H12O2.C8H6BrClO/c1-2-20-16-9-5-14(6-10-16)12-21-17(19)15-7-3-13(11-18)4-8-15;1-2-11-9-5-3-8(7-10)4-6-9;9-5-6-1-3-7(4-2-6)8(10)11/h3-10H,2,11-12H2,1H3;3-6,10H,2,7H2,1H3;1-4H,5H2. The lowest BCUT2D eigenvalue weighted by molar-refractivity contribution is 0.0472. The molecule has 0 aliphatic heterocycles. The van der Waals surface area contributed by atoms with Gasteiger partial charge in [0.1, 0.15) is 18.1 Å². The van der Waals surface area contributed by atoms with Gasteiger partial charge in [0.2, 0.25) is 0 Å². The fourth-order valence-electron chi connectivity index (χ4n) is 3.39. The Bertz CT molecular complexity index is 1360. The zero-order valence-electron chi connectivity index (χ0n) is 24.1. The summed E-state index contributed by atoms with van der Waals surface area (Å²) in [7, 11) is 0. The third kappa shape index (κ3) is 13.8. The minimum absolute atomic E-state index is 0.0897. The van der Waals surface area contributed by atoms with E-state index in [1.165, 1.54) is 0 Å². The first kappa shape index (κ1) is 36.0. The van der Waals surface area contributed by atoms with Crippen molar-refractivity contribution in [3.05, 3.63) is 130 Å². The number of hydrogen-bond acceptors (Lipinski definition) is 6. The number of benzene rings is 4. The normalized spacial score (nSPS) is 9.91. The summed E-state index contributed by atoms with van der Waals surface area (Å²) in [6, 6.07) is 29.5. The lowest BCUT2D eigenvalue weighted by atomic mass is 10.1. The van der Waals surface area contributed by atoms with Crippen molar-refractivity contribution in [2.24, 2.45) is 0 Å². The van der Waals surface area contributed by atoms with Crippen LogP contribution in [0.15, 0.2) is 97.1 Å². The van der Waals surface area contributed by atoms with Crippen molar-refractivity contribution in [3.8, 4) is 11.5 Å². The van der Waals surface area contributed by atoms with Gasteiger partial charge in [-0.1, -0.05) is 80.4 Å². The smallest absolute Gasteiger partial charge is 0.338 e. The van der Waals surface area contributed by atoms with Gasteiger partial charge in [-0.2, -0.15) is 0 Å². The third-order valence-electron chi connectivity index (χ3n) is 5.70. The van der Waals surface area contributed by atoms with Crippen molar-refractivity contribution in [1.82, 2.24) is 0 Å². The largest absolute Gasteiger partial charge is 0.494 e. The molecule has 0 saturated heterocycles. The maximum atomic E-state index is 11.9. The molecule has 0 fully saturated rings. The van der Waals surface area contributed by atoms with E-state index in [-0.39, 0.29) is 19.2 Å². The van der Waals surface area contributed by atoms with Gasteiger partial charge in [-0.25, -0.2) is 4.79 Å². The Morgan fingerprint density at radius 2 is 1.02 bits per heavy atom. The molecule has 0 saturated carbocycles. The van der Waals surface area contributed by atoms with Crippen molar-refractivity contribution in [2.45, 2.75) is 37.7 Å². The van der Waals surface area contributed by atoms with Crippen LogP contribution in [0.4, 0.5) is 0 Å². The van der Waals surface area contributed by atoms with Crippen LogP contribution in [0.5, 0.6) is 11.5 Å². The maximum absolute atomic E-state index is 11.9. The van der Waals surface area contributed by atoms with Crippen molar-refractivity contribution < 1.29 is 28.9 Å². The van der Waals surface area contributed by atoms with Crippen molar-refractivity contribution in [2.75, 3.05) is 13.2 Å². The zero-order valence-corrected chi connectivity index (χ0v) is 28.0. The molecule has 4 aromatic rings. The molecule has 0 heterocycles. The third-order valence-corrected chi connectivity index (χ3v) is 7.21. The summed E-state index contributed by atoms with van der Waals surface area (Å²) in [4.78, 5) is 22.5. The molecule has 4 rings (SSSR count). The van der Waals surface area contributed by atoms with Crippen LogP contribution in [0.2, 0.25) is 0 Å². The summed E-state index contributed by atoms with van der Waals surface area (Å²) in [5, 5.41) is 9.87. The molecular formula is C34H35Br2ClO6. The summed E-state index contributed by atoms with van der Waals surface area (Å²) in [5.74, 6) is 1.35. The van der Waals surface area contributed by atoms with E-state index in [0.717, 1.165) is 44.4 Å². The summed E-state index contributed by atoms with van der Waals surface area (Å²) in [5.41, 5.74) is 5.20. The van der Waals surface area contributed by atoms with Gasteiger partial charge in [-0.3, -0.25) is 4.79 Å². The Morgan fingerprint density at radius 1 is 0.628 bits per heavy atom. The predicted octanol–water partition coefficient (Wildman–Crippen LogP) is 8.88. The van der Waals surface area contributed by atoms with Crippen LogP contribution in [0, 0.1) is 0 Å².